The molecule has 0 bridgehead atoms. The summed E-state index contributed by atoms with van der Waals surface area (Å²) in [7, 11) is 0. The predicted molar refractivity (Wildman–Crippen MR) is 82.0 cm³/mol. The van der Waals surface area contributed by atoms with E-state index in [2.05, 4.69) is 52.2 Å². The standard InChI is InChI=1S/C16H23N3O/c1-13-10-19(16-5-3-2-4-15(13)16)12-14(20)11-18-8-6-17-7-9-18/h2-5,10,14,17,20H,6-9,11-12H2,1H3. The molecule has 1 aromatic heterocycles. The van der Waals surface area contributed by atoms with Crippen molar-refractivity contribution in [2.45, 2.75) is 19.6 Å². The molecule has 2 aromatic rings. The van der Waals surface area contributed by atoms with E-state index in [9.17, 15) is 5.11 Å². The van der Waals surface area contributed by atoms with Crippen LogP contribution in [0.2, 0.25) is 0 Å². The number of aliphatic hydroxyl groups excluding tert-OH is 1. The number of benzene rings is 1. The fourth-order valence-electron chi connectivity index (χ4n) is 3.06. The molecule has 0 saturated carbocycles. The Morgan fingerprint density at radius 1 is 1.20 bits per heavy atom. The molecule has 0 amide bonds. The molecule has 2 N–H and O–H groups in total. The Bertz CT molecular complexity index is 572. The van der Waals surface area contributed by atoms with Crippen LogP contribution in [0.1, 0.15) is 5.56 Å². The van der Waals surface area contributed by atoms with Crippen molar-refractivity contribution in [1.82, 2.24) is 14.8 Å². The lowest BCUT2D eigenvalue weighted by atomic mass is 10.2. The van der Waals surface area contributed by atoms with Crippen molar-refractivity contribution in [3.63, 3.8) is 0 Å². The van der Waals surface area contributed by atoms with Crippen LogP contribution in [0.25, 0.3) is 10.9 Å². The van der Waals surface area contributed by atoms with Gasteiger partial charge in [0.15, 0.2) is 0 Å². The third-order valence-corrected chi connectivity index (χ3v) is 4.07. The summed E-state index contributed by atoms with van der Waals surface area (Å²) < 4.78 is 2.18. The maximum Gasteiger partial charge on any atom is 0.0845 e. The Balaban J connectivity index is 1.69. The molecule has 108 valence electrons. The molecule has 1 aromatic carbocycles. The number of nitrogens with one attached hydrogen (secondary N) is 1. The van der Waals surface area contributed by atoms with Gasteiger partial charge < -0.3 is 15.0 Å². The van der Waals surface area contributed by atoms with Crippen molar-refractivity contribution in [1.29, 1.82) is 0 Å². The minimum absolute atomic E-state index is 0.316. The SMILES string of the molecule is Cc1cn(CC(O)CN2CCNCC2)c2ccccc12. The molecule has 1 atom stereocenters. The van der Waals surface area contributed by atoms with Gasteiger partial charge in [-0.1, -0.05) is 18.2 Å². The van der Waals surface area contributed by atoms with Gasteiger partial charge in [-0.3, -0.25) is 4.90 Å². The van der Waals surface area contributed by atoms with Crippen molar-refractivity contribution in [3.8, 4) is 0 Å². The number of para-hydroxylation sites is 1. The predicted octanol–water partition coefficient (Wildman–Crippen LogP) is 1.22. The summed E-state index contributed by atoms with van der Waals surface area (Å²) >= 11 is 0. The van der Waals surface area contributed by atoms with Crippen LogP contribution in [0.4, 0.5) is 0 Å². The maximum atomic E-state index is 10.3. The fourth-order valence-corrected chi connectivity index (χ4v) is 3.06. The second-order valence-corrected chi connectivity index (χ2v) is 5.69. The van der Waals surface area contributed by atoms with Crippen LogP contribution in [0.15, 0.2) is 30.5 Å². The number of rotatable bonds is 4. The Labute approximate surface area is 120 Å². The monoisotopic (exact) mass is 273 g/mol. The number of fused-ring (bicyclic) bond motifs is 1. The average molecular weight is 273 g/mol. The maximum absolute atomic E-state index is 10.3. The van der Waals surface area contributed by atoms with Crippen molar-refractivity contribution < 1.29 is 5.11 Å². The zero-order valence-electron chi connectivity index (χ0n) is 12.0. The number of β-amino-alcohol motifs (C(OH)–C–C–N with tert-alkyl or cyclic N) is 1. The van der Waals surface area contributed by atoms with Gasteiger partial charge >= 0.3 is 0 Å². The molecule has 4 nitrogen and oxygen atoms in total. The minimum Gasteiger partial charge on any atom is -0.390 e. The van der Waals surface area contributed by atoms with Gasteiger partial charge in [-0.25, -0.2) is 0 Å². The van der Waals surface area contributed by atoms with Crippen LogP contribution < -0.4 is 5.32 Å². The summed E-state index contributed by atoms with van der Waals surface area (Å²) in [5.74, 6) is 0. The molecule has 0 spiro atoms. The summed E-state index contributed by atoms with van der Waals surface area (Å²) in [5.41, 5.74) is 2.49. The van der Waals surface area contributed by atoms with Crippen LogP contribution in [0, 0.1) is 6.92 Å². The summed E-state index contributed by atoms with van der Waals surface area (Å²) in [6.45, 7) is 7.66. The third kappa shape index (κ3) is 2.87. The third-order valence-electron chi connectivity index (χ3n) is 4.07. The molecule has 4 heteroatoms. The van der Waals surface area contributed by atoms with Gasteiger partial charge in [0, 0.05) is 56.4 Å². The van der Waals surface area contributed by atoms with Gasteiger partial charge in [0.25, 0.3) is 0 Å². The van der Waals surface area contributed by atoms with E-state index in [1.54, 1.807) is 0 Å². The van der Waals surface area contributed by atoms with E-state index in [1.165, 1.54) is 16.5 Å². The highest BCUT2D eigenvalue weighted by Crippen LogP contribution is 2.20. The molecule has 1 unspecified atom stereocenters. The number of hydrogen-bond donors (Lipinski definition) is 2. The summed E-state index contributed by atoms with van der Waals surface area (Å²) in [5, 5.41) is 15.0. The first kappa shape index (κ1) is 13.6. The van der Waals surface area contributed by atoms with Crippen molar-refractivity contribution in [2.24, 2.45) is 0 Å². The van der Waals surface area contributed by atoms with Crippen LogP contribution in [0.5, 0.6) is 0 Å². The summed E-state index contributed by atoms with van der Waals surface area (Å²) in [4.78, 5) is 2.33. The second-order valence-electron chi connectivity index (χ2n) is 5.69. The van der Waals surface area contributed by atoms with Gasteiger partial charge in [-0.2, -0.15) is 0 Å². The lowest BCUT2D eigenvalue weighted by Gasteiger charge is -2.29. The van der Waals surface area contributed by atoms with Gasteiger partial charge in [0.2, 0.25) is 0 Å². The number of aromatic nitrogens is 1. The number of hydrogen-bond acceptors (Lipinski definition) is 3. The quantitative estimate of drug-likeness (QED) is 0.880. The van der Waals surface area contributed by atoms with E-state index in [4.69, 9.17) is 0 Å². The van der Waals surface area contributed by atoms with Crippen molar-refractivity contribution in [2.75, 3.05) is 32.7 Å². The van der Waals surface area contributed by atoms with Crippen molar-refractivity contribution >= 4 is 10.9 Å². The Kier molecular flexibility index (Phi) is 4.05. The molecule has 20 heavy (non-hydrogen) atoms. The van der Waals surface area contributed by atoms with E-state index in [1.807, 2.05) is 0 Å². The van der Waals surface area contributed by atoms with E-state index >= 15 is 0 Å². The molecule has 1 fully saturated rings. The van der Waals surface area contributed by atoms with E-state index < -0.39 is 0 Å². The minimum atomic E-state index is -0.316. The average Bonchev–Trinajstić information content (AvgIpc) is 2.77. The zero-order valence-corrected chi connectivity index (χ0v) is 12.0. The Hall–Kier alpha value is -1.36. The fraction of sp³-hybridized carbons (Fsp3) is 0.500. The molecule has 1 saturated heterocycles. The smallest absolute Gasteiger partial charge is 0.0845 e. The first-order valence-corrected chi connectivity index (χ1v) is 7.39. The molecular weight excluding hydrogens is 250 g/mol. The molecule has 0 radical (unpaired) electrons. The summed E-state index contributed by atoms with van der Waals surface area (Å²) in [6.07, 6.45) is 1.83. The van der Waals surface area contributed by atoms with Crippen molar-refractivity contribution in [3.05, 3.63) is 36.0 Å². The van der Waals surface area contributed by atoms with Gasteiger partial charge in [0.05, 0.1) is 6.10 Å². The van der Waals surface area contributed by atoms with E-state index in [0.717, 1.165) is 32.7 Å². The number of nitrogens with zero attached hydrogens (tertiary/aromatic N) is 2. The number of piperazine rings is 1. The normalized spacial score (nSPS) is 18.5. The molecule has 3 rings (SSSR count). The molecule has 2 heterocycles. The summed E-state index contributed by atoms with van der Waals surface area (Å²) in [6, 6.07) is 8.39. The number of aliphatic hydroxyl groups is 1. The lowest BCUT2D eigenvalue weighted by Crippen LogP contribution is -2.46. The van der Waals surface area contributed by atoms with Gasteiger partial charge in [-0.15, -0.1) is 0 Å². The highest BCUT2D eigenvalue weighted by Gasteiger charge is 2.15. The van der Waals surface area contributed by atoms with E-state index in [0.29, 0.717) is 6.54 Å². The van der Waals surface area contributed by atoms with Gasteiger partial charge in [-0.05, 0) is 18.6 Å². The van der Waals surface area contributed by atoms with Crippen LogP contribution in [-0.2, 0) is 6.54 Å². The second kappa shape index (κ2) is 5.95. The van der Waals surface area contributed by atoms with Crippen LogP contribution >= 0.6 is 0 Å². The molecule has 0 aliphatic carbocycles. The van der Waals surface area contributed by atoms with Gasteiger partial charge in [0.1, 0.15) is 0 Å². The Morgan fingerprint density at radius 3 is 2.75 bits per heavy atom. The largest absolute Gasteiger partial charge is 0.390 e. The zero-order chi connectivity index (χ0) is 13.9. The highest BCUT2D eigenvalue weighted by molar-refractivity contribution is 5.83. The molecule has 1 aliphatic heterocycles. The van der Waals surface area contributed by atoms with Crippen LogP contribution in [0.3, 0.4) is 0 Å². The van der Waals surface area contributed by atoms with E-state index in [-0.39, 0.29) is 6.10 Å². The highest BCUT2D eigenvalue weighted by atomic mass is 16.3. The van der Waals surface area contributed by atoms with Crippen LogP contribution in [-0.4, -0.2) is 53.4 Å². The Morgan fingerprint density at radius 2 is 1.95 bits per heavy atom. The molecule has 1 aliphatic rings. The number of aryl methyl sites for hydroxylation is 1. The first-order chi connectivity index (χ1) is 9.74. The first-order valence-electron chi connectivity index (χ1n) is 7.39. The lowest BCUT2D eigenvalue weighted by molar-refractivity contribution is 0.0927. The topological polar surface area (TPSA) is 40.4 Å². The molecular formula is C16H23N3O.